The standard InChI is InChI=1S/C16H17ClF3N5O/c1-23-13(3-4-22-23)15(26)25-6-2-5-24(7-8-25)14-12(17)9-11(10-21-14)16(18,19)20/h3-4,9-10H,2,5-8H2,1H3. The molecule has 0 aromatic carbocycles. The first-order valence-corrected chi connectivity index (χ1v) is 8.40. The summed E-state index contributed by atoms with van der Waals surface area (Å²) in [5.41, 5.74) is -0.391. The molecule has 3 rings (SSSR count). The molecule has 0 aliphatic carbocycles. The Bertz CT molecular complexity index is 807. The number of rotatable bonds is 2. The molecular weight excluding hydrogens is 371 g/mol. The van der Waals surface area contributed by atoms with E-state index in [0.717, 1.165) is 12.3 Å². The van der Waals surface area contributed by atoms with Gasteiger partial charge in [-0.05, 0) is 18.6 Å². The molecule has 0 radical (unpaired) electrons. The first-order valence-electron chi connectivity index (χ1n) is 8.02. The largest absolute Gasteiger partial charge is 0.417 e. The van der Waals surface area contributed by atoms with Crippen molar-refractivity contribution in [3.63, 3.8) is 0 Å². The van der Waals surface area contributed by atoms with Crippen LogP contribution in [0.3, 0.4) is 0 Å². The SMILES string of the molecule is Cn1nccc1C(=O)N1CCCN(c2ncc(C(F)(F)F)cc2Cl)CC1. The first kappa shape index (κ1) is 18.5. The summed E-state index contributed by atoms with van der Waals surface area (Å²) in [6.07, 6.45) is -1.49. The van der Waals surface area contributed by atoms with Crippen LogP contribution in [0.5, 0.6) is 0 Å². The molecule has 0 spiro atoms. The smallest absolute Gasteiger partial charge is 0.354 e. The minimum atomic E-state index is -4.49. The maximum absolute atomic E-state index is 12.8. The number of halogens is 4. The van der Waals surface area contributed by atoms with Crippen LogP contribution in [0.15, 0.2) is 24.5 Å². The molecule has 1 aliphatic heterocycles. The van der Waals surface area contributed by atoms with Crippen molar-refractivity contribution in [1.82, 2.24) is 19.7 Å². The predicted molar refractivity (Wildman–Crippen MR) is 90.2 cm³/mol. The summed E-state index contributed by atoms with van der Waals surface area (Å²) in [5, 5.41) is 3.95. The molecule has 1 amide bonds. The molecule has 1 aliphatic rings. The van der Waals surface area contributed by atoms with Crippen molar-refractivity contribution in [2.24, 2.45) is 7.05 Å². The number of pyridine rings is 1. The quantitative estimate of drug-likeness (QED) is 0.795. The van der Waals surface area contributed by atoms with Gasteiger partial charge in [0.15, 0.2) is 0 Å². The van der Waals surface area contributed by atoms with Crippen molar-refractivity contribution < 1.29 is 18.0 Å². The van der Waals surface area contributed by atoms with Crippen molar-refractivity contribution in [3.05, 3.63) is 40.8 Å². The lowest BCUT2D eigenvalue weighted by atomic mass is 10.2. The second-order valence-corrected chi connectivity index (χ2v) is 6.41. The summed E-state index contributed by atoms with van der Waals surface area (Å²) in [7, 11) is 1.70. The molecular formula is C16H17ClF3N5O. The lowest BCUT2D eigenvalue weighted by Crippen LogP contribution is -2.36. The van der Waals surface area contributed by atoms with Gasteiger partial charge in [-0.2, -0.15) is 18.3 Å². The van der Waals surface area contributed by atoms with Gasteiger partial charge < -0.3 is 9.80 Å². The van der Waals surface area contributed by atoms with E-state index in [-0.39, 0.29) is 10.9 Å². The van der Waals surface area contributed by atoms with E-state index in [1.807, 2.05) is 0 Å². The molecule has 0 unspecified atom stereocenters. The number of hydrogen-bond acceptors (Lipinski definition) is 4. The summed E-state index contributed by atoms with van der Waals surface area (Å²) in [5.74, 6) is 0.174. The number of hydrogen-bond donors (Lipinski definition) is 0. The molecule has 1 fully saturated rings. The number of aryl methyl sites for hydroxylation is 1. The molecule has 3 heterocycles. The van der Waals surface area contributed by atoms with Crippen LogP contribution in [0.1, 0.15) is 22.5 Å². The second kappa shape index (κ2) is 7.14. The molecule has 140 valence electrons. The Labute approximate surface area is 153 Å². The Morgan fingerprint density at radius 3 is 2.62 bits per heavy atom. The van der Waals surface area contributed by atoms with E-state index >= 15 is 0 Å². The number of anilines is 1. The summed E-state index contributed by atoms with van der Waals surface area (Å²) >= 11 is 6.03. The van der Waals surface area contributed by atoms with E-state index in [1.54, 1.807) is 29.1 Å². The first-order chi connectivity index (χ1) is 12.3. The number of carbonyl (C=O) groups excluding carboxylic acids is 1. The molecule has 0 bridgehead atoms. The minimum absolute atomic E-state index is 0.0498. The Hall–Kier alpha value is -2.29. The van der Waals surface area contributed by atoms with E-state index in [4.69, 9.17) is 11.6 Å². The maximum Gasteiger partial charge on any atom is 0.417 e. The molecule has 6 nitrogen and oxygen atoms in total. The van der Waals surface area contributed by atoms with Gasteiger partial charge in [-0.1, -0.05) is 11.6 Å². The van der Waals surface area contributed by atoms with Crippen molar-refractivity contribution >= 4 is 23.3 Å². The Kier molecular flexibility index (Phi) is 5.08. The summed E-state index contributed by atoms with van der Waals surface area (Å²) in [4.78, 5) is 20.0. The highest BCUT2D eigenvalue weighted by Crippen LogP contribution is 2.33. The van der Waals surface area contributed by atoms with E-state index in [9.17, 15) is 18.0 Å². The number of alkyl halides is 3. The van der Waals surface area contributed by atoms with Crippen LogP contribution < -0.4 is 4.90 Å². The van der Waals surface area contributed by atoms with Crippen LogP contribution in [0.2, 0.25) is 5.02 Å². The van der Waals surface area contributed by atoms with Gasteiger partial charge in [-0.15, -0.1) is 0 Å². The molecule has 0 atom stereocenters. The van der Waals surface area contributed by atoms with Crippen LogP contribution in [-0.2, 0) is 13.2 Å². The van der Waals surface area contributed by atoms with Crippen molar-refractivity contribution in [3.8, 4) is 0 Å². The van der Waals surface area contributed by atoms with Gasteiger partial charge in [-0.25, -0.2) is 4.98 Å². The van der Waals surface area contributed by atoms with Gasteiger partial charge in [-0.3, -0.25) is 9.48 Å². The van der Waals surface area contributed by atoms with E-state index in [0.29, 0.717) is 44.1 Å². The Balaban J connectivity index is 1.73. The van der Waals surface area contributed by atoms with E-state index < -0.39 is 11.7 Å². The van der Waals surface area contributed by atoms with Gasteiger partial charge >= 0.3 is 6.18 Å². The van der Waals surface area contributed by atoms with Gasteiger partial charge in [0, 0.05) is 45.6 Å². The topological polar surface area (TPSA) is 54.3 Å². The molecule has 1 saturated heterocycles. The number of nitrogens with zero attached hydrogens (tertiary/aromatic N) is 5. The fraction of sp³-hybridized carbons (Fsp3) is 0.438. The second-order valence-electron chi connectivity index (χ2n) is 6.00. The van der Waals surface area contributed by atoms with Crippen LogP contribution in [0.25, 0.3) is 0 Å². The Morgan fingerprint density at radius 1 is 1.23 bits per heavy atom. The fourth-order valence-electron chi connectivity index (χ4n) is 2.90. The molecule has 0 saturated carbocycles. The molecule has 26 heavy (non-hydrogen) atoms. The molecule has 10 heteroatoms. The third kappa shape index (κ3) is 3.77. The van der Waals surface area contributed by atoms with Crippen LogP contribution in [0, 0.1) is 0 Å². The third-order valence-corrected chi connectivity index (χ3v) is 4.55. The molecule has 2 aromatic heterocycles. The van der Waals surface area contributed by atoms with Gasteiger partial charge in [0.2, 0.25) is 0 Å². The number of carbonyl (C=O) groups is 1. The minimum Gasteiger partial charge on any atom is -0.354 e. The van der Waals surface area contributed by atoms with E-state index in [1.165, 1.54) is 4.68 Å². The number of amides is 1. The third-order valence-electron chi connectivity index (χ3n) is 4.27. The van der Waals surface area contributed by atoms with E-state index in [2.05, 4.69) is 10.1 Å². The molecule has 0 N–H and O–H groups in total. The summed E-state index contributed by atoms with van der Waals surface area (Å²) in [6, 6.07) is 2.53. The van der Waals surface area contributed by atoms with Gasteiger partial charge in [0.05, 0.1) is 10.6 Å². The van der Waals surface area contributed by atoms with Crippen molar-refractivity contribution in [1.29, 1.82) is 0 Å². The Morgan fingerprint density at radius 2 is 2.00 bits per heavy atom. The maximum atomic E-state index is 12.8. The monoisotopic (exact) mass is 387 g/mol. The highest BCUT2D eigenvalue weighted by atomic mass is 35.5. The van der Waals surface area contributed by atoms with Crippen molar-refractivity contribution in [2.75, 3.05) is 31.1 Å². The zero-order valence-corrected chi connectivity index (χ0v) is 14.8. The summed E-state index contributed by atoms with van der Waals surface area (Å²) < 4.78 is 39.8. The lowest BCUT2D eigenvalue weighted by molar-refractivity contribution is -0.137. The van der Waals surface area contributed by atoms with Crippen LogP contribution in [-0.4, -0.2) is 51.8 Å². The number of aromatic nitrogens is 3. The highest BCUT2D eigenvalue weighted by Gasteiger charge is 2.32. The van der Waals surface area contributed by atoms with Gasteiger partial charge in [0.25, 0.3) is 5.91 Å². The average Bonchev–Trinajstić information content (AvgIpc) is 2.86. The van der Waals surface area contributed by atoms with Gasteiger partial charge in [0.1, 0.15) is 11.5 Å². The highest BCUT2D eigenvalue weighted by molar-refractivity contribution is 6.33. The lowest BCUT2D eigenvalue weighted by Gasteiger charge is -2.24. The molecule has 2 aromatic rings. The predicted octanol–water partition coefficient (Wildman–Crippen LogP) is 2.84. The zero-order chi connectivity index (χ0) is 18.9. The zero-order valence-electron chi connectivity index (χ0n) is 14.0. The van der Waals surface area contributed by atoms with Crippen LogP contribution in [0.4, 0.5) is 19.0 Å². The fourth-order valence-corrected chi connectivity index (χ4v) is 3.18. The normalized spacial score (nSPS) is 15.9. The van der Waals surface area contributed by atoms with Crippen molar-refractivity contribution in [2.45, 2.75) is 12.6 Å². The average molecular weight is 388 g/mol. The summed E-state index contributed by atoms with van der Waals surface area (Å²) in [6.45, 7) is 1.94. The van der Waals surface area contributed by atoms with Crippen LogP contribution >= 0.6 is 11.6 Å².